The van der Waals surface area contributed by atoms with Crippen molar-refractivity contribution < 1.29 is 24.2 Å². The number of amides is 2. The molecule has 0 saturated carbocycles. The van der Waals surface area contributed by atoms with Gasteiger partial charge in [-0.1, -0.05) is 84.4 Å². The number of para-hydroxylation sites is 1. The predicted molar refractivity (Wildman–Crippen MR) is 210 cm³/mol. The molecule has 10 nitrogen and oxygen atoms in total. The molecule has 8 rings (SSSR count). The Morgan fingerprint density at radius 1 is 0.963 bits per heavy atom. The number of fused-ring (bicyclic) bond motifs is 3. The van der Waals surface area contributed by atoms with Gasteiger partial charge in [0.2, 0.25) is 5.91 Å². The SMILES string of the molecule is C[C@@H]1[C@@H]([Si](C)(C)O)[C@H](CCn2cc(C(CO)c3ccccc3)nn2)O[C@@]12C(=O)N(Cc1ccc(N3C(=O)CCc4ccccc43)cc1)c1ccc(Cl)cc12. The number of benzene rings is 4. The molecule has 2 amide bonds. The number of carbonyl (C=O) groups is 2. The molecule has 278 valence electrons. The zero-order chi connectivity index (χ0) is 37.8. The van der Waals surface area contributed by atoms with Crippen LogP contribution in [0.25, 0.3) is 0 Å². The second-order valence-electron chi connectivity index (χ2n) is 15.3. The van der Waals surface area contributed by atoms with Crippen molar-refractivity contribution in [3.05, 3.63) is 136 Å². The highest BCUT2D eigenvalue weighted by Crippen LogP contribution is 2.60. The quantitative estimate of drug-likeness (QED) is 0.146. The lowest BCUT2D eigenvalue weighted by Crippen LogP contribution is -2.46. The van der Waals surface area contributed by atoms with Crippen LogP contribution in [0.3, 0.4) is 0 Å². The van der Waals surface area contributed by atoms with Crippen molar-refractivity contribution in [2.24, 2.45) is 5.92 Å². The molecule has 0 bridgehead atoms. The zero-order valence-corrected chi connectivity index (χ0v) is 32.4. The van der Waals surface area contributed by atoms with Gasteiger partial charge in [0.25, 0.3) is 5.91 Å². The Balaban J connectivity index is 1.06. The lowest BCUT2D eigenvalue weighted by Gasteiger charge is -2.32. The van der Waals surface area contributed by atoms with E-state index in [0.717, 1.165) is 40.2 Å². The van der Waals surface area contributed by atoms with Gasteiger partial charge in [0.05, 0.1) is 42.2 Å². The summed E-state index contributed by atoms with van der Waals surface area (Å²) in [5.41, 5.74) is 5.19. The maximum absolute atomic E-state index is 14.9. The molecule has 1 unspecified atom stereocenters. The van der Waals surface area contributed by atoms with Gasteiger partial charge in [-0.3, -0.25) is 19.2 Å². The van der Waals surface area contributed by atoms with Crippen LogP contribution in [-0.4, -0.2) is 57.7 Å². The van der Waals surface area contributed by atoms with Gasteiger partial charge < -0.3 is 19.5 Å². The summed E-state index contributed by atoms with van der Waals surface area (Å²) in [6.45, 7) is 6.48. The highest BCUT2D eigenvalue weighted by atomic mass is 35.5. The van der Waals surface area contributed by atoms with E-state index in [1.165, 1.54) is 0 Å². The zero-order valence-electron chi connectivity index (χ0n) is 30.6. The largest absolute Gasteiger partial charge is 0.432 e. The molecule has 1 fully saturated rings. The Morgan fingerprint density at radius 2 is 1.70 bits per heavy atom. The van der Waals surface area contributed by atoms with Crippen LogP contribution < -0.4 is 9.80 Å². The van der Waals surface area contributed by atoms with Gasteiger partial charge >= 0.3 is 0 Å². The number of anilines is 3. The number of halogens is 1. The van der Waals surface area contributed by atoms with E-state index in [-0.39, 0.29) is 35.8 Å². The molecule has 1 saturated heterocycles. The molecule has 2 N–H and O–H groups in total. The van der Waals surface area contributed by atoms with E-state index in [1.807, 2.05) is 111 Å². The standard InChI is InChI=1S/C42H44ClN5O5Si/c1-27-40(54(2,3)52)38(21-22-46-25-35(44-45-46)33(26-49)29-9-5-4-6-10-29)53-42(27)34-23-31(43)16-19-37(34)47(41(42)51)24-28-13-17-32(18-14-28)48-36-12-8-7-11-30(36)15-20-39(48)50/h4-14,16-19,23,25,27,33,38,40,49,52H,15,20-22,24,26H2,1-3H3/t27-,33?,38+,40-,42+/m1/s1. The number of carbonyl (C=O) groups excluding carboxylic acids is 2. The minimum Gasteiger partial charge on any atom is -0.432 e. The van der Waals surface area contributed by atoms with Gasteiger partial charge in [-0.2, -0.15) is 0 Å². The molecule has 3 aliphatic rings. The fourth-order valence-electron chi connectivity index (χ4n) is 9.02. The lowest BCUT2D eigenvalue weighted by molar-refractivity contribution is -0.146. The maximum atomic E-state index is 14.9. The fraction of sp³-hybridized carbons (Fsp3) is 0.333. The average Bonchev–Trinajstić information content (AvgIpc) is 3.82. The van der Waals surface area contributed by atoms with Crippen molar-refractivity contribution in [3.63, 3.8) is 0 Å². The van der Waals surface area contributed by atoms with Crippen molar-refractivity contribution in [1.29, 1.82) is 0 Å². The van der Waals surface area contributed by atoms with Gasteiger partial charge in [0.15, 0.2) is 13.9 Å². The molecule has 4 heterocycles. The molecule has 5 aromatic rings. The summed E-state index contributed by atoms with van der Waals surface area (Å²) in [4.78, 5) is 43.3. The van der Waals surface area contributed by atoms with Crippen LogP contribution in [0.2, 0.25) is 23.7 Å². The molecule has 1 aromatic heterocycles. The monoisotopic (exact) mass is 761 g/mol. The molecule has 5 atom stereocenters. The van der Waals surface area contributed by atoms with E-state index in [2.05, 4.69) is 16.4 Å². The Labute approximate surface area is 321 Å². The molecule has 0 aliphatic carbocycles. The van der Waals surface area contributed by atoms with Gasteiger partial charge in [-0.25, -0.2) is 0 Å². The van der Waals surface area contributed by atoms with Crippen LogP contribution in [0.15, 0.2) is 103 Å². The number of rotatable bonds is 10. The van der Waals surface area contributed by atoms with Gasteiger partial charge in [0, 0.05) is 46.9 Å². The number of hydrogen-bond acceptors (Lipinski definition) is 7. The highest BCUT2D eigenvalue weighted by Gasteiger charge is 2.66. The second kappa shape index (κ2) is 14.2. The normalized spacial score (nSPS) is 22.9. The molecule has 0 radical (unpaired) electrons. The smallest absolute Gasteiger partial charge is 0.264 e. The first-order valence-corrected chi connectivity index (χ1v) is 22.0. The molecule has 1 spiro atoms. The number of aliphatic hydroxyl groups is 1. The van der Waals surface area contributed by atoms with Crippen LogP contribution in [0.1, 0.15) is 53.6 Å². The maximum Gasteiger partial charge on any atom is 0.264 e. The summed E-state index contributed by atoms with van der Waals surface area (Å²) in [6, 6.07) is 31.0. The topological polar surface area (TPSA) is 121 Å². The van der Waals surface area contributed by atoms with Crippen molar-refractivity contribution in [1.82, 2.24) is 15.0 Å². The minimum atomic E-state index is -2.90. The number of nitrogens with zero attached hydrogens (tertiary/aromatic N) is 5. The van der Waals surface area contributed by atoms with E-state index in [0.29, 0.717) is 42.2 Å². The van der Waals surface area contributed by atoms with Crippen LogP contribution in [0, 0.1) is 5.92 Å². The van der Waals surface area contributed by atoms with Gasteiger partial charge in [-0.15, -0.1) is 5.10 Å². The van der Waals surface area contributed by atoms with Crippen LogP contribution in [0.5, 0.6) is 0 Å². The summed E-state index contributed by atoms with van der Waals surface area (Å²) in [5.74, 6) is -0.772. The Kier molecular flexibility index (Phi) is 9.56. The summed E-state index contributed by atoms with van der Waals surface area (Å²) in [5, 5.41) is 19.4. The minimum absolute atomic E-state index is 0.0570. The Bertz CT molecular complexity index is 2190. The van der Waals surface area contributed by atoms with Crippen molar-refractivity contribution in [2.75, 3.05) is 16.4 Å². The molecule has 3 aliphatic heterocycles. The van der Waals surface area contributed by atoms with E-state index in [1.54, 1.807) is 20.5 Å². The fourth-order valence-corrected chi connectivity index (χ4v) is 11.8. The number of hydrogen-bond donors (Lipinski definition) is 2. The lowest BCUT2D eigenvalue weighted by atomic mass is 9.82. The highest BCUT2D eigenvalue weighted by molar-refractivity contribution is 6.71. The van der Waals surface area contributed by atoms with Crippen molar-refractivity contribution >= 4 is 48.8 Å². The average molecular weight is 762 g/mol. The van der Waals surface area contributed by atoms with E-state index in [4.69, 9.17) is 16.3 Å². The predicted octanol–water partition coefficient (Wildman–Crippen LogP) is 7.10. The number of aryl methyl sites for hydroxylation is 2. The van der Waals surface area contributed by atoms with E-state index in [9.17, 15) is 19.5 Å². The van der Waals surface area contributed by atoms with Gasteiger partial charge in [0.1, 0.15) is 0 Å². The van der Waals surface area contributed by atoms with Crippen LogP contribution in [-0.2, 0) is 39.4 Å². The van der Waals surface area contributed by atoms with E-state index >= 15 is 0 Å². The molecule has 12 heteroatoms. The van der Waals surface area contributed by atoms with E-state index < -0.39 is 20.0 Å². The summed E-state index contributed by atoms with van der Waals surface area (Å²) in [7, 11) is -2.90. The van der Waals surface area contributed by atoms with Crippen molar-refractivity contribution in [3.8, 4) is 0 Å². The number of ether oxygens (including phenoxy) is 1. The van der Waals surface area contributed by atoms with Crippen LogP contribution in [0.4, 0.5) is 17.1 Å². The Hall–Kier alpha value is -4.65. The molecular weight excluding hydrogens is 718 g/mol. The third kappa shape index (κ3) is 6.27. The third-order valence-corrected chi connectivity index (χ3v) is 14.3. The Morgan fingerprint density at radius 3 is 2.44 bits per heavy atom. The third-order valence-electron chi connectivity index (χ3n) is 11.5. The molecule has 4 aromatic carbocycles. The molecular formula is C42H44ClN5O5Si. The number of aliphatic hydroxyl groups excluding tert-OH is 1. The summed E-state index contributed by atoms with van der Waals surface area (Å²) in [6.07, 6.45) is 3.08. The summed E-state index contributed by atoms with van der Waals surface area (Å²) < 4.78 is 8.76. The first-order chi connectivity index (χ1) is 26.0. The van der Waals surface area contributed by atoms with Gasteiger partial charge in [-0.05, 0) is 79.0 Å². The van der Waals surface area contributed by atoms with Crippen LogP contribution >= 0.6 is 11.6 Å². The number of aromatic nitrogens is 3. The first kappa shape index (κ1) is 36.3. The summed E-state index contributed by atoms with van der Waals surface area (Å²) >= 11 is 6.62. The molecule has 54 heavy (non-hydrogen) atoms. The first-order valence-electron chi connectivity index (χ1n) is 18.6. The second-order valence-corrected chi connectivity index (χ2v) is 19.7. The van der Waals surface area contributed by atoms with Crippen molar-refractivity contribution in [2.45, 2.75) is 75.5 Å².